The van der Waals surface area contributed by atoms with Crippen LogP contribution in [0.25, 0.3) is 6.08 Å². The summed E-state index contributed by atoms with van der Waals surface area (Å²) in [5.41, 5.74) is 1.17. The fraction of sp³-hybridized carbons (Fsp3) is 0.222. The SMILES string of the molecule is SCCC=Cc1ccnc(Br)c1. The summed E-state index contributed by atoms with van der Waals surface area (Å²) in [6.45, 7) is 0. The molecule has 0 aliphatic rings. The van der Waals surface area contributed by atoms with Crippen LogP contribution >= 0.6 is 28.6 Å². The van der Waals surface area contributed by atoms with Crippen LogP contribution in [0.2, 0.25) is 0 Å². The minimum Gasteiger partial charge on any atom is -0.249 e. The molecule has 0 saturated carbocycles. The first-order valence-electron chi connectivity index (χ1n) is 3.72. The van der Waals surface area contributed by atoms with Gasteiger partial charge in [-0.2, -0.15) is 12.6 Å². The fourth-order valence-corrected chi connectivity index (χ4v) is 1.35. The number of nitrogens with zero attached hydrogens (tertiary/aromatic N) is 1. The standard InChI is InChI=1S/C9H10BrNS/c10-9-7-8(4-5-11-9)3-1-2-6-12/h1,3-5,7,12H,2,6H2. The van der Waals surface area contributed by atoms with Crippen LogP contribution in [-0.4, -0.2) is 10.7 Å². The molecule has 1 rings (SSSR count). The first-order chi connectivity index (χ1) is 5.83. The smallest absolute Gasteiger partial charge is 0.106 e. The molecule has 0 aliphatic carbocycles. The van der Waals surface area contributed by atoms with E-state index in [2.05, 4.69) is 45.7 Å². The van der Waals surface area contributed by atoms with Crippen LogP contribution in [0.3, 0.4) is 0 Å². The Balaban J connectivity index is 2.63. The Kier molecular flexibility index (Phi) is 4.40. The van der Waals surface area contributed by atoms with E-state index in [9.17, 15) is 0 Å². The van der Waals surface area contributed by atoms with Crippen molar-refractivity contribution in [3.05, 3.63) is 34.6 Å². The third-order valence-corrected chi connectivity index (χ3v) is 2.05. The van der Waals surface area contributed by atoms with Crippen LogP contribution in [0.1, 0.15) is 12.0 Å². The molecule has 1 heterocycles. The molecule has 0 spiro atoms. The van der Waals surface area contributed by atoms with Gasteiger partial charge in [-0.25, -0.2) is 4.98 Å². The van der Waals surface area contributed by atoms with Crippen molar-refractivity contribution in [2.45, 2.75) is 6.42 Å². The lowest BCUT2D eigenvalue weighted by molar-refractivity contribution is 1.25. The van der Waals surface area contributed by atoms with E-state index in [0.717, 1.165) is 16.8 Å². The number of hydrogen-bond donors (Lipinski definition) is 1. The number of halogens is 1. The Hall–Kier alpha value is -0.280. The van der Waals surface area contributed by atoms with Gasteiger partial charge in [0.1, 0.15) is 4.60 Å². The number of pyridine rings is 1. The molecule has 0 bridgehead atoms. The van der Waals surface area contributed by atoms with Crippen molar-refractivity contribution in [1.82, 2.24) is 4.98 Å². The summed E-state index contributed by atoms with van der Waals surface area (Å²) in [4.78, 5) is 4.04. The highest BCUT2D eigenvalue weighted by atomic mass is 79.9. The van der Waals surface area contributed by atoms with Gasteiger partial charge in [-0.3, -0.25) is 0 Å². The Bertz CT molecular complexity index is 273. The molecule has 64 valence electrons. The second-order valence-electron chi connectivity index (χ2n) is 2.33. The minimum absolute atomic E-state index is 0.871. The molecule has 0 unspecified atom stereocenters. The maximum atomic E-state index is 4.11. The summed E-state index contributed by atoms with van der Waals surface area (Å²) < 4.78 is 0.871. The highest BCUT2D eigenvalue weighted by Crippen LogP contribution is 2.09. The number of rotatable bonds is 3. The summed E-state index contributed by atoms with van der Waals surface area (Å²) in [6, 6.07) is 3.95. The molecule has 3 heteroatoms. The number of hydrogen-bond acceptors (Lipinski definition) is 2. The van der Waals surface area contributed by atoms with Crippen molar-refractivity contribution in [2.75, 3.05) is 5.75 Å². The van der Waals surface area contributed by atoms with Crippen molar-refractivity contribution >= 4 is 34.6 Å². The van der Waals surface area contributed by atoms with E-state index in [-0.39, 0.29) is 0 Å². The third-order valence-electron chi connectivity index (χ3n) is 1.36. The van der Waals surface area contributed by atoms with Crippen molar-refractivity contribution in [3.8, 4) is 0 Å². The summed E-state index contributed by atoms with van der Waals surface area (Å²) in [7, 11) is 0. The fourth-order valence-electron chi connectivity index (χ4n) is 0.815. The molecular formula is C9H10BrNS. The molecule has 0 atom stereocenters. The van der Waals surface area contributed by atoms with Gasteiger partial charge in [0, 0.05) is 6.20 Å². The molecule has 0 saturated heterocycles. The van der Waals surface area contributed by atoms with E-state index < -0.39 is 0 Å². The maximum absolute atomic E-state index is 4.11. The average Bonchev–Trinajstić information content (AvgIpc) is 2.05. The highest BCUT2D eigenvalue weighted by Gasteiger charge is 1.88. The topological polar surface area (TPSA) is 12.9 Å². The van der Waals surface area contributed by atoms with Gasteiger partial charge in [0.15, 0.2) is 0 Å². The van der Waals surface area contributed by atoms with Gasteiger partial charge in [0.2, 0.25) is 0 Å². The zero-order chi connectivity index (χ0) is 8.81. The summed E-state index contributed by atoms with van der Waals surface area (Å²) in [5, 5.41) is 0. The predicted molar refractivity (Wildman–Crippen MR) is 59.4 cm³/mol. The third kappa shape index (κ3) is 3.41. The van der Waals surface area contributed by atoms with Gasteiger partial charge in [-0.15, -0.1) is 0 Å². The molecule has 0 aromatic carbocycles. The molecule has 1 aromatic rings. The predicted octanol–water partition coefficient (Wildman–Crippen LogP) is 3.18. The van der Waals surface area contributed by atoms with Crippen LogP contribution in [0, 0.1) is 0 Å². The molecule has 12 heavy (non-hydrogen) atoms. The monoisotopic (exact) mass is 243 g/mol. The zero-order valence-electron chi connectivity index (χ0n) is 6.57. The van der Waals surface area contributed by atoms with Crippen molar-refractivity contribution in [2.24, 2.45) is 0 Å². The minimum atomic E-state index is 0.871. The lowest BCUT2D eigenvalue weighted by Crippen LogP contribution is -1.76. The molecular weight excluding hydrogens is 234 g/mol. The molecule has 0 aliphatic heterocycles. The van der Waals surface area contributed by atoms with Crippen LogP contribution in [0.5, 0.6) is 0 Å². The second-order valence-corrected chi connectivity index (χ2v) is 3.59. The lowest BCUT2D eigenvalue weighted by atomic mass is 10.2. The largest absolute Gasteiger partial charge is 0.249 e. The van der Waals surface area contributed by atoms with Crippen LogP contribution in [0.4, 0.5) is 0 Å². The number of thiol groups is 1. The van der Waals surface area contributed by atoms with Crippen LogP contribution < -0.4 is 0 Å². The first-order valence-corrected chi connectivity index (χ1v) is 5.14. The van der Waals surface area contributed by atoms with Gasteiger partial charge in [-0.05, 0) is 45.8 Å². The molecule has 0 radical (unpaired) electrons. The van der Waals surface area contributed by atoms with E-state index in [0.29, 0.717) is 0 Å². The summed E-state index contributed by atoms with van der Waals surface area (Å²) >= 11 is 7.43. The van der Waals surface area contributed by atoms with E-state index in [4.69, 9.17) is 0 Å². The van der Waals surface area contributed by atoms with Gasteiger partial charge in [0.25, 0.3) is 0 Å². The Labute approximate surface area is 86.4 Å². The lowest BCUT2D eigenvalue weighted by Gasteiger charge is -1.92. The zero-order valence-corrected chi connectivity index (χ0v) is 9.05. The van der Waals surface area contributed by atoms with E-state index in [1.165, 1.54) is 5.56 Å². The summed E-state index contributed by atoms with van der Waals surface area (Å²) in [5.74, 6) is 0.892. The van der Waals surface area contributed by atoms with Crippen molar-refractivity contribution < 1.29 is 0 Å². The Morgan fingerprint density at radius 2 is 2.42 bits per heavy atom. The Morgan fingerprint density at radius 3 is 3.08 bits per heavy atom. The summed E-state index contributed by atoms with van der Waals surface area (Å²) in [6.07, 6.45) is 6.96. The van der Waals surface area contributed by atoms with Gasteiger partial charge in [-0.1, -0.05) is 12.2 Å². The highest BCUT2D eigenvalue weighted by molar-refractivity contribution is 9.10. The van der Waals surface area contributed by atoms with Gasteiger partial charge in [0.05, 0.1) is 0 Å². The van der Waals surface area contributed by atoms with E-state index in [1.54, 1.807) is 6.20 Å². The van der Waals surface area contributed by atoms with Crippen molar-refractivity contribution in [3.63, 3.8) is 0 Å². The van der Waals surface area contributed by atoms with Gasteiger partial charge < -0.3 is 0 Å². The molecule has 0 fully saturated rings. The molecule has 1 aromatic heterocycles. The second kappa shape index (κ2) is 5.38. The average molecular weight is 244 g/mol. The maximum Gasteiger partial charge on any atom is 0.106 e. The van der Waals surface area contributed by atoms with E-state index in [1.807, 2.05) is 12.1 Å². The quantitative estimate of drug-likeness (QED) is 0.636. The van der Waals surface area contributed by atoms with Gasteiger partial charge >= 0.3 is 0 Å². The first kappa shape index (κ1) is 9.81. The molecule has 0 N–H and O–H groups in total. The Morgan fingerprint density at radius 1 is 1.58 bits per heavy atom. The van der Waals surface area contributed by atoms with E-state index >= 15 is 0 Å². The van der Waals surface area contributed by atoms with Crippen LogP contribution in [0.15, 0.2) is 29.0 Å². The van der Waals surface area contributed by atoms with Crippen LogP contribution in [-0.2, 0) is 0 Å². The normalized spacial score (nSPS) is 10.8. The molecule has 1 nitrogen and oxygen atoms in total. The number of allylic oxidation sites excluding steroid dienone is 1. The van der Waals surface area contributed by atoms with Crippen molar-refractivity contribution in [1.29, 1.82) is 0 Å². The number of aromatic nitrogens is 1. The molecule has 0 amide bonds.